The van der Waals surface area contributed by atoms with Gasteiger partial charge in [-0.15, -0.1) is 11.3 Å². The predicted molar refractivity (Wildman–Crippen MR) is 97.2 cm³/mol. The zero-order valence-corrected chi connectivity index (χ0v) is 14.1. The van der Waals surface area contributed by atoms with E-state index in [9.17, 15) is 4.79 Å². The van der Waals surface area contributed by atoms with Gasteiger partial charge >= 0.3 is 0 Å². The van der Waals surface area contributed by atoms with Gasteiger partial charge in [0.1, 0.15) is 5.82 Å². The lowest BCUT2D eigenvalue weighted by molar-refractivity contribution is -0.117. The number of rotatable bonds is 4. The molecule has 0 unspecified atom stereocenters. The molecule has 3 aromatic rings. The highest BCUT2D eigenvalue weighted by Gasteiger charge is 2.15. The largest absolute Gasteiger partial charge is 0.310 e. The standard InChI is InChI=1S/C18H18N4OS/c23-18(11-22-5-1-2-6-22)21-17-8-15-7-13(16-10-19-12-24-16)3-4-14(15)9-20-17/h3-4,7-10,12H,1-2,5-6,11H2,(H,20,21,23). The maximum Gasteiger partial charge on any atom is 0.239 e. The van der Waals surface area contributed by atoms with E-state index in [0.717, 1.165) is 34.3 Å². The van der Waals surface area contributed by atoms with E-state index >= 15 is 0 Å². The summed E-state index contributed by atoms with van der Waals surface area (Å²) < 4.78 is 0. The molecule has 1 saturated heterocycles. The summed E-state index contributed by atoms with van der Waals surface area (Å²) in [4.78, 5) is 24.0. The number of amides is 1. The minimum atomic E-state index is 0.00219. The Kier molecular flexibility index (Phi) is 4.23. The Balaban J connectivity index is 1.54. The summed E-state index contributed by atoms with van der Waals surface area (Å²) in [5.41, 5.74) is 2.96. The molecule has 1 fully saturated rings. The second-order valence-electron chi connectivity index (χ2n) is 6.03. The van der Waals surface area contributed by atoms with E-state index in [2.05, 4.69) is 32.3 Å². The molecule has 0 saturated carbocycles. The fourth-order valence-electron chi connectivity index (χ4n) is 3.05. The molecule has 3 heterocycles. The third-order valence-electron chi connectivity index (χ3n) is 4.27. The van der Waals surface area contributed by atoms with Crippen molar-refractivity contribution in [2.45, 2.75) is 12.8 Å². The van der Waals surface area contributed by atoms with Crippen LogP contribution in [0.4, 0.5) is 5.82 Å². The monoisotopic (exact) mass is 338 g/mol. The first-order valence-corrected chi connectivity index (χ1v) is 8.97. The van der Waals surface area contributed by atoms with Crippen LogP contribution in [-0.4, -0.2) is 40.4 Å². The number of hydrogen-bond acceptors (Lipinski definition) is 5. The third kappa shape index (κ3) is 3.29. The molecule has 0 atom stereocenters. The molecule has 1 aliphatic heterocycles. The minimum absolute atomic E-state index is 0.00219. The lowest BCUT2D eigenvalue weighted by Gasteiger charge is -2.14. The Morgan fingerprint density at radius 1 is 1.17 bits per heavy atom. The fourth-order valence-corrected chi connectivity index (χ4v) is 3.67. The lowest BCUT2D eigenvalue weighted by atomic mass is 10.1. The van der Waals surface area contributed by atoms with Crippen molar-refractivity contribution in [2.24, 2.45) is 0 Å². The van der Waals surface area contributed by atoms with Crippen LogP contribution < -0.4 is 5.32 Å². The number of anilines is 1. The number of benzene rings is 1. The fraction of sp³-hybridized carbons (Fsp3) is 0.278. The van der Waals surface area contributed by atoms with Crippen molar-refractivity contribution in [3.63, 3.8) is 0 Å². The van der Waals surface area contributed by atoms with E-state index in [0.29, 0.717) is 12.4 Å². The molecule has 4 rings (SSSR count). The second-order valence-corrected chi connectivity index (χ2v) is 6.91. The van der Waals surface area contributed by atoms with E-state index in [4.69, 9.17) is 0 Å². The summed E-state index contributed by atoms with van der Waals surface area (Å²) in [7, 11) is 0. The van der Waals surface area contributed by atoms with Gasteiger partial charge in [-0.1, -0.05) is 12.1 Å². The van der Waals surface area contributed by atoms with Gasteiger partial charge < -0.3 is 5.32 Å². The zero-order chi connectivity index (χ0) is 16.4. The normalized spacial score (nSPS) is 15.0. The number of carbonyl (C=O) groups is 1. The van der Waals surface area contributed by atoms with E-state index in [1.807, 2.05) is 23.8 Å². The molecular formula is C18H18N4OS. The molecule has 5 nitrogen and oxygen atoms in total. The van der Waals surface area contributed by atoms with Crippen LogP contribution >= 0.6 is 11.3 Å². The van der Waals surface area contributed by atoms with Crippen molar-refractivity contribution in [3.8, 4) is 10.4 Å². The summed E-state index contributed by atoms with van der Waals surface area (Å²) in [6.07, 6.45) is 6.03. The molecule has 6 heteroatoms. The van der Waals surface area contributed by atoms with Gasteiger partial charge in [-0.2, -0.15) is 0 Å². The molecule has 2 aromatic heterocycles. The maximum atomic E-state index is 12.2. The smallest absolute Gasteiger partial charge is 0.239 e. The summed E-state index contributed by atoms with van der Waals surface area (Å²) in [6, 6.07) is 8.17. The molecule has 0 aliphatic carbocycles. The van der Waals surface area contributed by atoms with Gasteiger partial charge in [0.25, 0.3) is 0 Å². The molecule has 1 N–H and O–H groups in total. The van der Waals surface area contributed by atoms with Crippen molar-refractivity contribution in [3.05, 3.63) is 42.2 Å². The Morgan fingerprint density at radius 2 is 2.04 bits per heavy atom. The van der Waals surface area contributed by atoms with Crippen molar-refractivity contribution >= 4 is 33.8 Å². The number of nitrogens with zero attached hydrogens (tertiary/aromatic N) is 3. The predicted octanol–water partition coefficient (Wildman–Crippen LogP) is 3.39. The number of aromatic nitrogens is 2. The van der Waals surface area contributed by atoms with Crippen molar-refractivity contribution in [1.29, 1.82) is 0 Å². The van der Waals surface area contributed by atoms with Gasteiger partial charge in [-0.25, -0.2) is 4.98 Å². The number of carbonyl (C=O) groups excluding carboxylic acids is 1. The maximum absolute atomic E-state index is 12.2. The molecule has 122 valence electrons. The van der Waals surface area contributed by atoms with Gasteiger partial charge in [0.2, 0.25) is 5.91 Å². The molecule has 0 spiro atoms. The SMILES string of the molecule is O=C(CN1CCCC1)Nc1cc2cc(-c3cncs3)ccc2cn1. The van der Waals surface area contributed by atoms with Crippen LogP contribution in [0, 0.1) is 0 Å². The first-order chi connectivity index (χ1) is 11.8. The number of hydrogen-bond donors (Lipinski definition) is 1. The van der Waals surface area contributed by atoms with Crippen LogP contribution in [0.5, 0.6) is 0 Å². The van der Waals surface area contributed by atoms with Crippen LogP contribution in [-0.2, 0) is 4.79 Å². The Bertz CT molecular complexity index is 857. The number of nitrogens with one attached hydrogen (secondary N) is 1. The van der Waals surface area contributed by atoms with Gasteiger partial charge in [-0.3, -0.25) is 14.7 Å². The molecule has 0 bridgehead atoms. The Hall–Kier alpha value is -2.31. The van der Waals surface area contributed by atoms with Crippen LogP contribution in [0.15, 0.2) is 42.2 Å². The van der Waals surface area contributed by atoms with Crippen molar-refractivity contribution in [1.82, 2.24) is 14.9 Å². The Morgan fingerprint density at radius 3 is 2.83 bits per heavy atom. The number of likely N-dealkylation sites (tertiary alicyclic amines) is 1. The lowest BCUT2D eigenvalue weighted by Crippen LogP contribution is -2.31. The summed E-state index contributed by atoms with van der Waals surface area (Å²) in [6.45, 7) is 2.47. The number of fused-ring (bicyclic) bond motifs is 1. The molecular weight excluding hydrogens is 320 g/mol. The first-order valence-electron chi connectivity index (χ1n) is 8.09. The van der Waals surface area contributed by atoms with E-state index < -0.39 is 0 Å². The van der Waals surface area contributed by atoms with Crippen LogP contribution in [0.25, 0.3) is 21.2 Å². The summed E-state index contributed by atoms with van der Waals surface area (Å²) in [5.74, 6) is 0.607. The number of thiazole rings is 1. The van der Waals surface area contributed by atoms with E-state index in [1.54, 1.807) is 17.5 Å². The van der Waals surface area contributed by atoms with Crippen LogP contribution in [0.3, 0.4) is 0 Å². The van der Waals surface area contributed by atoms with E-state index in [1.165, 1.54) is 12.8 Å². The Labute approximate surface area is 144 Å². The average Bonchev–Trinajstić information content (AvgIpc) is 3.27. The van der Waals surface area contributed by atoms with Gasteiger partial charge in [0.15, 0.2) is 0 Å². The number of pyridine rings is 1. The van der Waals surface area contributed by atoms with Gasteiger partial charge in [-0.05, 0) is 49.0 Å². The molecule has 1 aliphatic rings. The van der Waals surface area contributed by atoms with Gasteiger partial charge in [0, 0.05) is 17.8 Å². The highest BCUT2D eigenvalue weighted by Crippen LogP contribution is 2.27. The van der Waals surface area contributed by atoms with Crippen LogP contribution in [0.1, 0.15) is 12.8 Å². The summed E-state index contributed by atoms with van der Waals surface area (Å²) in [5, 5.41) is 5.03. The molecule has 24 heavy (non-hydrogen) atoms. The third-order valence-corrected chi connectivity index (χ3v) is 5.09. The van der Waals surface area contributed by atoms with E-state index in [-0.39, 0.29) is 5.91 Å². The highest BCUT2D eigenvalue weighted by molar-refractivity contribution is 7.13. The summed E-state index contributed by atoms with van der Waals surface area (Å²) >= 11 is 1.62. The quantitative estimate of drug-likeness (QED) is 0.792. The average molecular weight is 338 g/mol. The van der Waals surface area contributed by atoms with Crippen molar-refractivity contribution < 1.29 is 4.79 Å². The molecule has 0 radical (unpaired) electrons. The topological polar surface area (TPSA) is 58.1 Å². The highest BCUT2D eigenvalue weighted by atomic mass is 32.1. The molecule has 1 amide bonds. The second kappa shape index (κ2) is 6.67. The minimum Gasteiger partial charge on any atom is -0.310 e. The van der Waals surface area contributed by atoms with Crippen LogP contribution in [0.2, 0.25) is 0 Å². The molecule has 1 aromatic carbocycles. The first kappa shape index (κ1) is 15.2. The van der Waals surface area contributed by atoms with Gasteiger partial charge in [0.05, 0.1) is 16.9 Å². The van der Waals surface area contributed by atoms with Crippen molar-refractivity contribution in [2.75, 3.05) is 25.0 Å². The zero-order valence-electron chi connectivity index (χ0n) is 13.2.